The number of hydrogen-bond acceptors (Lipinski definition) is 3. The van der Waals surface area contributed by atoms with Crippen molar-refractivity contribution >= 4 is 17.0 Å². The molecule has 1 heterocycles. The van der Waals surface area contributed by atoms with Crippen molar-refractivity contribution in [1.29, 1.82) is 5.26 Å². The van der Waals surface area contributed by atoms with E-state index < -0.39 is 0 Å². The normalized spacial score (nSPS) is 9.75. The number of rotatable bonds is 3. The Morgan fingerprint density at radius 1 is 1.38 bits per heavy atom. The number of nitrogens with one attached hydrogen (secondary N) is 1. The van der Waals surface area contributed by atoms with Crippen molar-refractivity contribution in [2.24, 2.45) is 0 Å². The molecule has 0 atom stereocenters. The van der Waals surface area contributed by atoms with Crippen LogP contribution in [0.3, 0.4) is 0 Å². The van der Waals surface area contributed by atoms with Crippen LogP contribution in [0.25, 0.3) is 0 Å². The number of thiophene rings is 1. The van der Waals surface area contributed by atoms with Crippen molar-refractivity contribution < 1.29 is 0 Å². The van der Waals surface area contributed by atoms with Crippen molar-refractivity contribution in [2.45, 2.75) is 13.5 Å². The molecular formula is C13H12N2S. The quantitative estimate of drug-likeness (QED) is 0.872. The van der Waals surface area contributed by atoms with Gasteiger partial charge in [-0.15, -0.1) is 0 Å². The summed E-state index contributed by atoms with van der Waals surface area (Å²) in [6.45, 7) is 2.83. The molecule has 0 fully saturated rings. The second kappa shape index (κ2) is 4.82. The van der Waals surface area contributed by atoms with Gasteiger partial charge >= 0.3 is 0 Å². The molecule has 0 bridgehead atoms. The summed E-state index contributed by atoms with van der Waals surface area (Å²) in [6, 6.07) is 9.99. The molecule has 0 spiro atoms. The van der Waals surface area contributed by atoms with Crippen molar-refractivity contribution in [3.63, 3.8) is 0 Å². The van der Waals surface area contributed by atoms with Crippen molar-refractivity contribution in [3.05, 3.63) is 51.7 Å². The minimum Gasteiger partial charge on any atom is -0.380 e. The van der Waals surface area contributed by atoms with E-state index in [1.165, 1.54) is 5.56 Å². The molecule has 16 heavy (non-hydrogen) atoms. The van der Waals surface area contributed by atoms with Gasteiger partial charge in [-0.05, 0) is 41.6 Å². The van der Waals surface area contributed by atoms with Crippen LogP contribution in [0.2, 0.25) is 0 Å². The predicted octanol–water partition coefficient (Wildman–Crippen LogP) is 3.54. The van der Waals surface area contributed by atoms with Crippen LogP contribution in [-0.2, 0) is 6.54 Å². The van der Waals surface area contributed by atoms with Crippen LogP contribution in [0, 0.1) is 18.3 Å². The first kappa shape index (κ1) is 10.7. The summed E-state index contributed by atoms with van der Waals surface area (Å²) < 4.78 is 0. The second-order valence-electron chi connectivity index (χ2n) is 3.62. The van der Waals surface area contributed by atoms with Gasteiger partial charge in [0, 0.05) is 17.6 Å². The Labute approximate surface area is 99.2 Å². The molecule has 0 amide bonds. The topological polar surface area (TPSA) is 35.8 Å². The molecule has 2 aromatic rings. The van der Waals surface area contributed by atoms with E-state index in [9.17, 15) is 0 Å². The minimum atomic E-state index is 0.719. The minimum absolute atomic E-state index is 0.719. The molecule has 1 aromatic carbocycles. The van der Waals surface area contributed by atoms with Crippen LogP contribution in [0.15, 0.2) is 35.0 Å². The Morgan fingerprint density at radius 2 is 2.25 bits per heavy atom. The first-order valence-electron chi connectivity index (χ1n) is 5.05. The van der Waals surface area contributed by atoms with E-state index in [0.29, 0.717) is 0 Å². The van der Waals surface area contributed by atoms with Gasteiger partial charge in [0.25, 0.3) is 0 Å². The van der Waals surface area contributed by atoms with Crippen LogP contribution < -0.4 is 5.32 Å². The maximum Gasteiger partial charge on any atom is 0.0991 e. The average molecular weight is 228 g/mol. The SMILES string of the molecule is Cc1cc(C#N)ccc1CNc1ccsc1. The molecule has 0 saturated carbocycles. The maximum absolute atomic E-state index is 8.77. The molecule has 2 rings (SSSR count). The molecule has 80 valence electrons. The number of nitrogens with zero attached hydrogens (tertiary/aromatic N) is 1. The van der Waals surface area contributed by atoms with Gasteiger partial charge in [-0.2, -0.15) is 16.6 Å². The Hall–Kier alpha value is -1.79. The smallest absolute Gasteiger partial charge is 0.0991 e. The number of anilines is 1. The lowest BCUT2D eigenvalue weighted by Gasteiger charge is -2.07. The van der Waals surface area contributed by atoms with Gasteiger partial charge < -0.3 is 5.32 Å². The maximum atomic E-state index is 8.77. The van der Waals surface area contributed by atoms with Gasteiger partial charge in [-0.1, -0.05) is 6.07 Å². The second-order valence-corrected chi connectivity index (χ2v) is 4.40. The highest BCUT2D eigenvalue weighted by atomic mass is 32.1. The summed E-state index contributed by atoms with van der Waals surface area (Å²) in [4.78, 5) is 0. The van der Waals surface area contributed by atoms with Gasteiger partial charge in [0.1, 0.15) is 0 Å². The van der Waals surface area contributed by atoms with E-state index in [2.05, 4.69) is 22.8 Å². The molecule has 0 unspecified atom stereocenters. The van der Waals surface area contributed by atoms with Crippen LogP contribution in [0.4, 0.5) is 5.69 Å². The third kappa shape index (κ3) is 2.41. The van der Waals surface area contributed by atoms with E-state index in [1.54, 1.807) is 11.3 Å². The van der Waals surface area contributed by atoms with E-state index >= 15 is 0 Å². The van der Waals surface area contributed by atoms with Gasteiger partial charge in [-0.3, -0.25) is 0 Å². The summed E-state index contributed by atoms with van der Waals surface area (Å²) in [5.41, 5.74) is 4.25. The van der Waals surface area contributed by atoms with Gasteiger partial charge in [-0.25, -0.2) is 0 Å². The fraction of sp³-hybridized carbons (Fsp3) is 0.154. The third-order valence-corrected chi connectivity index (χ3v) is 3.16. The molecule has 0 radical (unpaired) electrons. The molecule has 2 nitrogen and oxygen atoms in total. The molecule has 3 heteroatoms. The molecule has 0 aliphatic rings. The fourth-order valence-corrected chi connectivity index (χ4v) is 2.14. The molecule has 1 aromatic heterocycles. The Kier molecular flexibility index (Phi) is 3.23. The molecule has 0 aliphatic heterocycles. The van der Waals surface area contributed by atoms with Crippen LogP contribution in [0.5, 0.6) is 0 Å². The van der Waals surface area contributed by atoms with Crippen molar-refractivity contribution in [3.8, 4) is 6.07 Å². The zero-order chi connectivity index (χ0) is 11.4. The standard InChI is InChI=1S/C13H12N2S/c1-10-6-11(7-14)2-3-12(10)8-15-13-4-5-16-9-13/h2-6,9,15H,8H2,1H3. The number of benzene rings is 1. The summed E-state index contributed by atoms with van der Waals surface area (Å²) in [5.74, 6) is 0. The van der Waals surface area contributed by atoms with Gasteiger partial charge in [0.05, 0.1) is 11.6 Å². The van der Waals surface area contributed by atoms with Crippen LogP contribution in [-0.4, -0.2) is 0 Å². The highest BCUT2D eigenvalue weighted by Gasteiger charge is 2.00. The third-order valence-electron chi connectivity index (χ3n) is 2.48. The Balaban J connectivity index is 2.08. The first-order chi connectivity index (χ1) is 7.79. The summed E-state index contributed by atoms with van der Waals surface area (Å²) in [6.07, 6.45) is 0. The lowest BCUT2D eigenvalue weighted by atomic mass is 10.1. The molecule has 0 aliphatic carbocycles. The first-order valence-corrected chi connectivity index (χ1v) is 5.99. The van der Waals surface area contributed by atoms with E-state index in [4.69, 9.17) is 5.26 Å². The van der Waals surface area contributed by atoms with E-state index in [1.807, 2.05) is 30.5 Å². The lowest BCUT2D eigenvalue weighted by molar-refractivity contribution is 1.12. The highest BCUT2D eigenvalue weighted by Crippen LogP contribution is 2.15. The molecule has 0 saturated heterocycles. The monoisotopic (exact) mass is 228 g/mol. The summed E-state index contributed by atoms with van der Waals surface area (Å²) in [7, 11) is 0. The zero-order valence-corrected chi connectivity index (χ0v) is 9.84. The number of hydrogen-bond donors (Lipinski definition) is 1. The zero-order valence-electron chi connectivity index (χ0n) is 9.03. The molecular weight excluding hydrogens is 216 g/mol. The van der Waals surface area contributed by atoms with Crippen molar-refractivity contribution in [1.82, 2.24) is 0 Å². The van der Waals surface area contributed by atoms with Crippen LogP contribution >= 0.6 is 11.3 Å². The van der Waals surface area contributed by atoms with Crippen LogP contribution in [0.1, 0.15) is 16.7 Å². The largest absolute Gasteiger partial charge is 0.380 e. The Morgan fingerprint density at radius 3 is 2.88 bits per heavy atom. The average Bonchev–Trinajstić information content (AvgIpc) is 2.80. The number of nitriles is 1. The predicted molar refractivity (Wildman–Crippen MR) is 67.5 cm³/mol. The molecule has 1 N–H and O–H groups in total. The summed E-state index contributed by atoms with van der Waals surface area (Å²) in [5, 5.41) is 16.2. The van der Waals surface area contributed by atoms with Gasteiger partial charge in [0.2, 0.25) is 0 Å². The van der Waals surface area contributed by atoms with Gasteiger partial charge in [0.15, 0.2) is 0 Å². The number of aryl methyl sites for hydroxylation is 1. The fourth-order valence-electron chi connectivity index (χ4n) is 1.53. The highest BCUT2D eigenvalue weighted by molar-refractivity contribution is 7.08. The van der Waals surface area contributed by atoms with E-state index in [-0.39, 0.29) is 0 Å². The summed E-state index contributed by atoms with van der Waals surface area (Å²) >= 11 is 1.68. The van der Waals surface area contributed by atoms with Crippen molar-refractivity contribution in [2.75, 3.05) is 5.32 Å². The van der Waals surface area contributed by atoms with E-state index in [0.717, 1.165) is 23.4 Å². The lowest BCUT2D eigenvalue weighted by Crippen LogP contribution is -2.00. The Bertz CT molecular complexity index is 509.